The van der Waals surface area contributed by atoms with Crippen molar-refractivity contribution in [3.05, 3.63) is 62.6 Å². The zero-order valence-electron chi connectivity index (χ0n) is 16.8. The lowest BCUT2D eigenvalue weighted by atomic mass is 9.89. The van der Waals surface area contributed by atoms with Crippen LogP contribution in [-0.2, 0) is 12.8 Å². The molecule has 0 fully saturated rings. The lowest BCUT2D eigenvalue weighted by Crippen LogP contribution is -2.38. The Morgan fingerprint density at radius 1 is 1.17 bits per heavy atom. The van der Waals surface area contributed by atoms with Crippen molar-refractivity contribution in [2.24, 2.45) is 0 Å². The summed E-state index contributed by atoms with van der Waals surface area (Å²) in [5.74, 6) is 0.651. The van der Waals surface area contributed by atoms with Crippen molar-refractivity contribution in [1.82, 2.24) is 10.6 Å². The van der Waals surface area contributed by atoms with Gasteiger partial charge >= 0.3 is 6.03 Å². The number of halogens is 2. The Kier molecular flexibility index (Phi) is 8.25. The fourth-order valence-electron chi connectivity index (χ4n) is 3.65. The van der Waals surface area contributed by atoms with E-state index in [1.165, 1.54) is 36.0 Å². The number of ether oxygens (including phenoxy) is 1. The molecule has 1 unspecified atom stereocenters. The van der Waals surface area contributed by atoms with Crippen LogP contribution >= 0.6 is 27.5 Å². The fourth-order valence-corrected chi connectivity index (χ4v) is 4.38. The number of carbonyl (C=O) groups is 1. The van der Waals surface area contributed by atoms with Gasteiger partial charge in [-0.3, -0.25) is 0 Å². The third-order valence-corrected chi connectivity index (χ3v) is 6.04. The molecule has 1 aliphatic carbocycles. The molecular weight excluding hydrogens is 452 g/mol. The van der Waals surface area contributed by atoms with Gasteiger partial charge in [0.1, 0.15) is 5.75 Å². The van der Waals surface area contributed by atoms with E-state index >= 15 is 0 Å². The molecule has 0 aromatic heterocycles. The number of carbonyl (C=O) groups excluding carboxylic acids is 1. The zero-order valence-corrected chi connectivity index (χ0v) is 19.1. The third-order valence-electron chi connectivity index (χ3n) is 5.25. The molecule has 0 heterocycles. The van der Waals surface area contributed by atoms with Crippen molar-refractivity contribution < 1.29 is 9.53 Å². The number of fused-ring (bicyclic) bond motifs is 1. The number of hydrogen-bond donors (Lipinski definition) is 2. The normalized spacial score (nSPS) is 14.0. The van der Waals surface area contributed by atoms with Crippen molar-refractivity contribution in [2.45, 2.75) is 51.5 Å². The molecule has 2 N–H and O–H groups in total. The van der Waals surface area contributed by atoms with Gasteiger partial charge in [-0.25, -0.2) is 4.79 Å². The summed E-state index contributed by atoms with van der Waals surface area (Å²) in [6.07, 6.45) is 6.42. The molecule has 0 aliphatic heterocycles. The first-order chi connectivity index (χ1) is 14.1. The van der Waals surface area contributed by atoms with Gasteiger partial charge in [-0.1, -0.05) is 52.7 Å². The number of urea groups is 1. The highest BCUT2D eigenvalue weighted by Gasteiger charge is 2.16. The van der Waals surface area contributed by atoms with Gasteiger partial charge in [-0.15, -0.1) is 0 Å². The molecule has 156 valence electrons. The van der Waals surface area contributed by atoms with Crippen molar-refractivity contribution in [3.8, 4) is 5.75 Å². The van der Waals surface area contributed by atoms with Crippen LogP contribution in [-0.4, -0.2) is 19.2 Å². The second-order valence-electron chi connectivity index (χ2n) is 7.37. The van der Waals surface area contributed by atoms with Crippen LogP contribution in [0, 0.1) is 0 Å². The Morgan fingerprint density at radius 2 is 1.97 bits per heavy atom. The van der Waals surface area contributed by atoms with Crippen LogP contribution in [0.3, 0.4) is 0 Å². The monoisotopic (exact) mass is 478 g/mol. The van der Waals surface area contributed by atoms with Crippen LogP contribution in [0.4, 0.5) is 4.79 Å². The molecule has 0 radical (unpaired) electrons. The molecule has 0 saturated carbocycles. The fraction of sp³-hybridized carbons (Fsp3) is 0.435. The predicted octanol–water partition coefficient (Wildman–Crippen LogP) is 6.20. The van der Waals surface area contributed by atoms with Crippen molar-refractivity contribution >= 4 is 33.6 Å². The summed E-state index contributed by atoms with van der Waals surface area (Å²) in [6.45, 7) is 3.13. The first-order valence-electron chi connectivity index (χ1n) is 10.3. The zero-order chi connectivity index (χ0) is 20.6. The summed E-state index contributed by atoms with van der Waals surface area (Å²) in [5, 5.41) is 6.59. The molecule has 2 aromatic carbocycles. The highest BCUT2D eigenvalue weighted by molar-refractivity contribution is 9.10. The van der Waals surface area contributed by atoms with E-state index in [-0.39, 0.29) is 12.1 Å². The maximum Gasteiger partial charge on any atom is 0.315 e. The molecule has 0 saturated heterocycles. The van der Waals surface area contributed by atoms with Crippen LogP contribution in [0.1, 0.15) is 55.3 Å². The van der Waals surface area contributed by atoms with E-state index in [1.54, 1.807) is 6.07 Å². The second-order valence-corrected chi connectivity index (χ2v) is 8.70. The van der Waals surface area contributed by atoms with E-state index in [1.807, 2.05) is 12.1 Å². The second kappa shape index (κ2) is 10.9. The molecule has 2 amide bonds. The molecule has 0 spiro atoms. The van der Waals surface area contributed by atoms with E-state index in [2.05, 4.69) is 51.7 Å². The third kappa shape index (κ3) is 6.38. The maximum atomic E-state index is 12.3. The Hall–Kier alpha value is -1.72. The average molecular weight is 480 g/mol. The van der Waals surface area contributed by atoms with E-state index in [4.69, 9.17) is 16.3 Å². The molecule has 4 nitrogen and oxygen atoms in total. The van der Waals surface area contributed by atoms with Gasteiger partial charge in [0.15, 0.2) is 0 Å². The van der Waals surface area contributed by atoms with Gasteiger partial charge in [0.05, 0.1) is 17.7 Å². The van der Waals surface area contributed by atoms with E-state index in [9.17, 15) is 4.79 Å². The quantitative estimate of drug-likeness (QED) is 0.443. The molecular formula is C23H28BrClN2O2. The van der Waals surface area contributed by atoms with Gasteiger partial charge in [0.25, 0.3) is 0 Å². The van der Waals surface area contributed by atoms with Crippen molar-refractivity contribution in [2.75, 3.05) is 13.2 Å². The number of amides is 2. The van der Waals surface area contributed by atoms with E-state index < -0.39 is 0 Å². The summed E-state index contributed by atoms with van der Waals surface area (Å²) < 4.78 is 6.59. The summed E-state index contributed by atoms with van der Waals surface area (Å²) >= 11 is 9.50. The van der Waals surface area contributed by atoms with Crippen LogP contribution in [0.15, 0.2) is 40.9 Å². The Labute approximate surface area is 186 Å². The van der Waals surface area contributed by atoms with Gasteiger partial charge in [0, 0.05) is 11.0 Å². The average Bonchev–Trinajstić information content (AvgIpc) is 2.72. The number of benzene rings is 2. The smallest absolute Gasteiger partial charge is 0.315 e. The molecule has 6 heteroatoms. The molecule has 2 aromatic rings. The number of aryl methyl sites for hydroxylation is 2. The summed E-state index contributed by atoms with van der Waals surface area (Å²) in [6, 6.07) is 12.1. The lowest BCUT2D eigenvalue weighted by molar-refractivity contribution is 0.235. The minimum Gasteiger partial charge on any atom is -0.492 e. The van der Waals surface area contributed by atoms with Gasteiger partial charge in [-0.05, 0) is 73.4 Å². The Morgan fingerprint density at radius 3 is 2.72 bits per heavy atom. The van der Waals surface area contributed by atoms with Gasteiger partial charge < -0.3 is 15.4 Å². The van der Waals surface area contributed by atoms with Crippen LogP contribution in [0.5, 0.6) is 5.75 Å². The molecule has 29 heavy (non-hydrogen) atoms. The minimum atomic E-state index is -0.142. The number of hydrogen-bond acceptors (Lipinski definition) is 2. The standard InChI is InChI=1S/C23H28BrClN2O2/c1-2-21(18-9-8-16-6-3-4-7-17(16)14-18)27-23(28)26-12-5-13-29-22-11-10-19(24)15-20(22)25/h8-11,14-15,21H,2-7,12-13H2,1H3,(H2,26,27,28). The molecule has 0 bridgehead atoms. The highest BCUT2D eigenvalue weighted by atomic mass is 79.9. The van der Waals surface area contributed by atoms with Crippen molar-refractivity contribution in [3.63, 3.8) is 0 Å². The maximum absolute atomic E-state index is 12.3. The van der Waals surface area contributed by atoms with E-state index in [0.29, 0.717) is 30.3 Å². The van der Waals surface area contributed by atoms with Gasteiger partial charge in [0.2, 0.25) is 0 Å². The number of rotatable bonds is 8. The summed E-state index contributed by atoms with van der Waals surface area (Å²) in [4.78, 5) is 12.3. The lowest BCUT2D eigenvalue weighted by Gasteiger charge is -2.22. The minimum absolute atomic E-state index is 0.0278. The van der Waals surface area contributed by atoms with Crippen LogP contribution in [0.2, 0.25) is 5.02 Å². The van der Waals surface area contributed by atoms with Crippen molar-refractivity contribution in [1.29, 1.82) is 0 Å². The van der Waals surface area contributed by atoms with Crippen LogP contribution in [0.25, 0.3) is 0 Å². The highest BCUT2D eigenvalue weighted by Crippen LogP contribution is 2.28. The molecule has 1 aliphatic rings. The topological polar surface area (TPSA) is 50.4 Å². The molecule has 1 atom stereocenters. The summed E-state index contributed by atoms with van der Waals surface area (Å²) in [5.41, 5.74) is 4.10. The van der Waals surface area contributed by atoms with Gasteiger partial charge in [-0.2, -0.15) is 0 Å². The molecule has 3 rings (SSSR count). The van der Waals surface area contributed by atoms with E-state index in [0.717, 1.165) is 17.3 Å². The first kappa shape index (κ1) is 22.0. The summed E-state index contributed by atoms with van der Waals surface area (Å²) in [7, 11) is 0. The largest absolute Gasteiger partial charge is 0.492 e. The predicted molar refractivity (Wildman–Crippen MR) is 122 cm³/mol. The first-order valence-corrected chi connectivity index (χ1v) is 11.5. The number of nitrogens with one attached hydrogen (secondary N) is 2. The Balaban J connectivity index is 1.42. The van der Waals surface area contributed by atoms with Crippen LogP contribution < -0.4 is 15.4 Å². The Bertz CT molecular complexity index is 844. The SMILES string of the molecule is CCC(NC(=O)NCCCOc1ccc(Br)cc1Cl)c1ccc2c(c1)CCCC2.